The number of nitrogens with zero attached hydrogens (tertiary/aromatic N) is 5. The van der Waals surface area contributed by atoms with E-state index in [1.54, 1.807) is 6.07 Å². The van der Waals surface area contributed by atoms with Crippen LogP contribution < -0.4 is 20.9 Å². The number of anilines is 5. The Hall–Kier alpha value is -4.19. The quantitative estimate of drug-likeness (QED) is 0.546. The molecule has 0 aliphatic carbocycles. The highest BCUT2D eigenvalue weighted by atomic mass is 16.1. The van der Waals surface area contributed by atoms with Crippen molar-refractivity contribution >= 4 is 34.9 Å². The summed E-state index contributed by atoms with van der Waals surface area (Å²) in [6, 6.07) is 17.4. The lowest BCUT2D eigenvalue weighted by atomic mass is 10.0. The van der Waals surface area contributed by atoms with Crippen LogP contribution in [0.2, 0.25) is 0 Å². The van der Waals surface area contributed by atoms with Crippen molar-refractivity contribution in [3.05, 3.63) is 60.4 Å². The van der Waals surface area contributed by atoms with Crippen LogP contribution in [0.1, 0.15) is 25.3 Å². The van der Waals surface area contributed by atoms with Crippen LogP contribution in [0.3, 0.4) is 0 Å². The van der Waals surface area contributed by atoms with Gasteiger partial charge in [-0.15, -0.1) is 0 Å². The molecule has 1 aromatic heterocycles. The van der Waals surface area contributed by atoms with E-state index in [4.69, 9.17) is 5.26 Å². The average Bonchev–Trinajstić information content (AvgIpc) is 2.80. The molecular weight excluding hydrogens is 404 g/mol. The zero-order chi connectivity index (χ0) is 22.3. The Morgan fingerprint density at radius 2 is 1.81 bits per heavy atom. The second-order valence-corrected chi connectivity index (χ2v) is 7.59. The van der Waals surface area contributed by atoms with Crippen LogP contribution in [0, 0.1) is 11.3 Å². The van der Waals surface area contributed by atoms with Gasteiger partial charge < -0.3 is 20.9 Å². The third kappa shape index (κ3) is 5.49. The summed E-state index contributed by atoms with van der Waals surface area (Å²) < 4.78 is 0. The first kappa shape index (κ1) is 21.1. The van der Waals surface area contributed by atoms with Crippen LogP contribution in [-0.2, 0) is 4.79 Å². The molecule has 0 bridgehead atoms. The first-order valence-electron chi connectivity index (χ1n) is 10.4. The molecule has 0 radical (unpaired) electrons. The average molecular weight is 429 g/mol. The molecule has 1 aliphatic heterocycles. The normalized spacial score (nSPS) is 13.8. The van der Waals surface area contributed by atoms with Gasteiger partial charge in [0.05, 0.1) is 11.6 Å². The van der Waals surface area contributed by atoms with Crippen LogP contribution in [0.25, 0.3) is 0 Å². The number of amides is 1. The van der Waals surface area contributed by atoms with Gasteiger partial charge in [0.2, 0.25) is 17.8 Å². The first-order chi connectivity index (χ1) is 15.6. The van der Waals surface area contributed by atoms with Crippen molar-refractivity contribution < 1.29 is 4.79 Å². The van der Waals surface area contributed by atoms with E-state index < -0.39 is 0 Å². The molecule has 9 nitrogen and oxygen atoms in total. The zero-order valence-electron chi connectivity index (χ0n) is 17.7. The highest BCUT2D eigenvalue weighted by Gasteiger charge is 2.21. The Bertz CT molecular complexity index is 1130. The number of nitrogens with one attached hydrogen (secondary N) is 3. The molecule has 1 fully saturated rings. The predicted octanol–water partition coefficient (Wildman–Crippen LogP) is 3.53. The van der Waals surface area contributed by atoms with Gasteiger partial charge in [-0.25, -0.2) is 9.97 Å². The van der Waals surface area contributed by atoms with Crippen molar-refractivity contribution in [3.8, 4) is 6.07 Å². The van der Waals surface area contributed by atoms with Gasteiger partial charge in [0.25, 0.3) is 0 Å². The van der Waals surface area contributed by atoms with Gasteiger partial charge in [0.15, 0.2) is 0 Å². The standard InChI is InChI=1S/C23H24N8O/c1-16(32)27-20-6-3-7-21(13-20)29-22-25-15-26-23(30-22)31-10-8-18(9-11-31)28-19-5-2-4-17(12-19)14-24/h2-7,12-13,15,18,28H,8-11H2,1H3,(H,27,32)(H,25,26,29,30). The van der Waals surface area contributed by atoms with Crippen LogP contribution in [0.15, 0.2) is 54.9 Å². The second-order valence-electron chi connectivity index (χ2n) is 7.59. The van der Waals surface area contributed by atoms with E-state index in [1.165, 1.54) is 13.3 Å². The van der Waals surface area contributed by atoms with Crippen molar-refractivity contribution in [1.82, 2.24) is 15.0 Å². The van der Waals surface area contributed by atoms with Gasteiger partial charge in [-0.1, -0.05) is 12.1 Å². The SMILES string of the molecule is CC(=O)Nc1cccc(Nc2ncnc(N3CCC(Nc4cccc(C#N)c4)CC3)n2)c1. The predicted molar refractivity (Wildman–Crippen MR) is 124 cm³/mol. The van der Waals surface area contributed by atoms with Crippen molar-refractivity contribution in [2.75, 3.05) is 33.9 Å². The third-order valence-corrected chi connectivity index (χ3v) is 5.14. The Kier molecular flexibility index (Phi) is 6.41. The molecule has 32 heavy (non-hydrogen) atoms. The summed E-state index contributed by atoms with van der Waals surface area (Å²) in [4.78, 5) is 26.5. The van der Waals surface area contributed by atoms with Gasteiger partial charge in [0, 0.05) is 43.1 Å². The Morgan fingerprint density at radius 1 is 1.06 bits per heavy atom. The van der Waals surface area contributed by atoms with Crippen LogP contribution >= 0.6 is 0 Å². The third-order valence-electron chi connectivity index (χ3n) is 5.14. The van der Waals surface area contributed by atoms with Gasteiger partial charge in [0.1, 0.15) is 6.33 Å². The van der Waals surface area contributed by atoms with Crippen molar-refractivity contribution in [1.29, 1.82) is 5.26 Å². The molecule has 0 spiro atoms. The van der Waals surface area contributed by atoms with E-state index in [0.29, 0.717) is 29.2 Å². The first-order valence-corrected chi connectivity index (χ1v) is 10.4. The van der Waals surface area contributed by atoms with Gasteiger partial charge in [-0.2, -0.15) is 10.2 Å². The molecule has 0 unspecified atom stereocenters. The van der Waals surface area contributed by atoms with Gasteiger partial charge in [-0.3, -0.25) is 4.79 Å². The molecule has 1 amide bonds. The fourth-order valence-corrected chi connectivity index (χ4v) is 3.65. The summed E-state index contributed by atoms with van der Waals surface area (Å²) in [6.07, 6.45) is 3.37. The number of piperidine rings is 1. The van der Waals surface area contributed by atoms with E-state index >= 15 is 0 Å². The number of hydrogen-bond donors (Lipinski definition) is 3. The summed E-state index contributed by atoms with van der Waals surface area (Å²) in [6.45, 7) is 3.11. The molecule has 1 saturated heterocycles. The Morgan fingerprint density at radius 3 is 2.59 bits per heavy atom. The molecule has 2 aromatic carbocycles. The number of carbonyl (C=O) groups excluding carboxylic acids is 1. The molecule has 0 atom stereocenters. The summed E-state index contributed by atoms with van der Waals surface area (Å²) >= 11 is 0. The Balaban J connectivity index is 1.36. The monoisotopic (exact) mass is 428 g/mol. The summed E-state index contributed by atoms with van der Waals surface area (Å²) in [5.74, 6) is 0.953. The maximum atomic E-state index is 11.3. The fraction of sp³-hybridized carbons (Fsp3) is 0.261. The lowest BCUT2D eigenvalue weighted by Gasteiger charge is -2.32. The molecule has 3 N–H and O–H groups in total. The van der Waals surface area contributed by atoms with Gasteiger partial charge in [-0.05, 0) is 49.2 Å². The smallest absolute Gasteiger partial charge is 0.231 e. The highest BCUT2D eigenvalue weighted by Crippen LogP contribution is 2.22. The highest BCUT2D eigenvalue weighted by molar-refractivity contribution is 5.89. The largest absolute Gasteiger partial charge is 0.382 e. The number of nitriles is 1. The number of rotatable bonds is 6. The molecule has 2 heterocycles. The minimum absolute atomic E-state index is 0.125. The van der Waals surface area contributed by atoms with E-state index in [2.05, 4.69) is 41.9 Å². The minimum Gasteiger partial charge on any atom is -0.382 e. The van der Waals surface area contributed by atoms with Crippen molar-refractivity contribution in [2.24, 2.45) is 0 Å². The topological polar surface area (TPSA) is 119 Å². The van der Waals surface area contributed by atoms with E-state index in [0.717, 1.165) is 37.3 Å². The Labute approximate surface area is 186 Å². The lowest BCUT2D eigenvalue weighted by Crippen LogP contribution is -2.40. The maximum absolute atomic E-state index is 11.3. The molecule has 4 rings (SSSR count). The maximum Gasteiger partial charge on any atom is 0.231 e. The molecule has 3 aromatic rings. The van der Waals surface area contributed by atoms with Crippen LogP contribution in [0.5, 0.6) is 0 Å². The minimum atomic E-state index is -0.125. The molecule has 1 aliphatic rings. The summed E-state index contributed by atoms with van der Waals surface area (Å²) in [5, 5.41) is 18.5. The number of carbonyl (C=O) groups is 1. The summed E-state index contributed by atoms with van der Waals surface area (Å²) in [5.41, 5.74) is 3.10. The molecule has 0 saturated carbocycles. The molecule has 162 valence electrons. The fourth-order valence-electron chi connectivity index (χ4n) is 3.65. The van der Waals surface area contributed by atoms with E-state index in [9.17, 15) is 4.79 Å². The van der Waals surface area contributed by atoms with Crippen molar-refractivity contribution in [2.45, 2.75) is 25.8 Å². The van der Waals surface area contributed by atoms with E-state index in [1.807, 2.05) is 42.5 Å². The van der Waals surface area contributed by atoms with Crippen LogP contribution in [-0.4, -0.2) is 40.0 Å². The van der Waals surface area contributed by atoms with E-state index in [-0.39, 0.29) is 5.91 Å². The molecular formula is C23H24N8O. The lowest BCUT2D eigenvalue weighted by molar-refractivity contribution is -0.114. The van der Waals surface area contributed by atoms with Crippen LogP contribution in [0.4, 0.5) is 29.0 Å². The number of hydrogen-bond acceptors (Lipinski definition) is 8. The molecule has 9 heteroatoms. The van der Waals surface area contributed by atoms with Crippen molar-refractivity contribution in [3.63, 3.8) is 0 Å². The number of benzene rings is 2. The number of aromatic nitrogens is 3. The summed E-state index contributed by atoms with van der Waals surface area (Å²) in [7, 11) is 0. The van der Waals surface area contributed by atoms with Gasteiger partial charge >= 0.3 is 0 Å². The zero-order valence-corrected chi connectivity index (χ0v) is 17.7. The second kappa shape index (κ2) is 9.75.